The Kier molecular flexibility index (Phi) is 5.97. The van der Waals surface area contributed by atoms with Crippen LogP contribution in [0.3, 0.4) is 0 Å². The van der Waals surface area contributed by atoms with E-state index in [2.05, 4.69) is 53.6 Å². The van der Waals surface area contributed by atoms with Gasteiger partial charge in [0.25, 0.3) is 0 Å². The number of benzene rings is 2. The zero-order valence-corrected chi connectivity index (χ0v) is 19.8. The van der Waals surface area contributed by atoms with Gasteiger partial charge < -0.3 is 19.9 Å². The van der Waals surface area contributed by atoms with Crippen LogP contribution in [0, 0.1) is 12.8 Å². The molecule has 1 saturated heterocycles. The number of carbonyl (C=O) groups excluding carboxylic acids is 1. The van der Waals surface area contributed by atoms with E-state index < -0.39 is 0 Å². The Bertz CT molecular complexity index is 1170. The fraction of sp³-hybridized carbons (Fsp3) is 0.481. The van der Waals surface area contributed by atoms with Crippen LogP contribution >= 0.6 is 0 Å². The molecular formula is C27H34N4O2. The summed E-state index contributed by atoms with van der Waals surface area (Å²) in [5.74, 6) is 0.927. The predicted octanol–water partition coefficient (Wildman–Crippen LogP) is 3.61. The number of hydrogen-bond acceptors (Lipinski definition) is 4. The van der Waals surface area contributed by atoms with Crippen molar-refractivity contribution in [2.75, 3.05) is 26.7 Å². The van der Waals surface area contributed by atoms with Gasteiger partial charge in [-0.1, -0.05) is 37.3 Å². The van der Waals surface area contributed by atoms with E-state index in [-0.39, 0.29) is 29.9 Å². The number of amides is 1. The summed E-state index contributed by atoms with van der Waals surface area (Å²) in [6, 6.07) is 15.0. The molecule has 4 atom stereocenters. The number of likely N-dealkylation sites (tertiary alicyclic amines) is 1. The number of primary amides is 1. The molecule has 1 amide bonds. The Morgan fingerprint density at radius 3 is 2.82 bits per heavy atom. The molecule has 0 bridgehead atoms. The SMILES string of the molecule is CCc1nc2cc(C)ccc2n1C1CCN(CC2Cc3ccccc3C2C(N)=O)CC1OC. The largest absolute Gasteiger partial charge is 0.378 e. The van der Waals surface area contributed by atoms with E-state index in [0.717, 1.165) is 55.8 Å². The Morgan fingerprint density at radius 1 is 1.24 bits per heavy atom. The van der Waals surface area contributed by atoms with Gasteiger partial charge in [-0.15, -0.1) is 0 Å². The highest BCUT2D eigenvalue weighted by atomic mass is 16.5. The van der Waals surface area contributed by atoms with Gasteiger partial charge in [0.2, 0.25) is 5.91 Å². The lowest BCUT2D eigenvalue weighted by molar-refractivity contribution is -0.120. The van der Waals surface area contributed by atoms with Crippen molar-refractivity contribution in [1.29, 1.82) is 0 Å². The van der Waals surface area contributed by atoms with E-state index in [1.165, 1.54) is 16.6 Å². The highest BCUT2D eigenvalue weighted by molar-refractivity contribution is 5.84. The van der Waals surface area contributed by atoms with Crippen LogP contribution in [0.25, 0.3) is 11.0 Å². The van der Waals surface area contributed by atoms with E-state index in [9.17, 15) is 4.79 Å². The molecule has 3 aromatic rings. The lowest BCUT2D eigenvalue weighted by Crippen LogP contribution is -2.48. The normalized spacial score (nSPS) is 25.4. The molecule has 1 aliphatic carbocycles. The van der Waals surface area contributed by atoms with Crippen molar-refractivity contribution in [2.45, 2.75) is 51.2 Å². The lowest BCUT2D eigenvalue weighted by atomic mass is 9.90. The molecule has 1 fully saturated rings. The standard InChI is InChI=1S/C27H34N4O2/c1-4-25-29-21-13-17(2)9-10-22(21)31(25)23-11-12-30(16-24(23)33-3)15-19-14-18-7-5-6-8-20(18)26(19)27(28)32/h5-10,13,19,23-24,26H,4,11-12,14-16H2,1-3H3,(H2,28,32). The fourth-order valence-electron chi connectivity index (χ4n) is 6.10. The number of aromatic nitrogens is 2. The number of hydrogen-bond donors (Lipinski definition) is 1. The predicted molar refractivity (Wildman–Crippen MR) is 130 cm³/mol. The molecule has 0 saturated carbocycles. The van der Waals surface area contributed by atoms with E-state index >= 15 is 0 Å². The number of fused-ring (bicyclic) bond motifs is 2. The molecule has 174 valence electrons. The molecular weight excluding hydrogens is 412 g/mol. The number of methoxy groups -OCH3 is 1. The molecule has 5 rings (SSSR count). The Labute approximate surface area is 195 Å². The maximum absolute atomic E-state index is 12.3. The highest BCUT2D eigenvalue weighted by Gasteiger charge is 2.39. The first-order valence-corrected chi connectivity index (χ1v) is 12.1. The third-order valence-corrected chi connectivity index (χ3v) is 7.62. The van der Waals surface area contributed by atoms with Crippen molar-refractivity contribution in [1.82, 2.24) is 14.5 Å². The maximum atomic E-state index is 12.3. The molecule has 6 heteroatoms. The van der Waals surface area contributed by atoms with Crippen molar-refractivity contribution < 1.29 is 9.53 Å². The summed E-state index contributed by atoms with van der Waals surface area (Å²) in [7, 11) is 1.81. The molecule has 2 aliphatic rings. The molecule has 1 aromatic heterocycles. The van der Waals surface area contributed by atoms with Crippen LogP contribution in [0.2, 0.25) is 0 Å². The van der Waals surface area contributed by atoms with Gasteiger partial charge in [0.05, 0.1) is 29.1 Å². The van der Waals surface area contributed by atoms with Crippen molar-refractivity contribution in [3.05, 3.63) is 65.0 Å². The first-order chi connectivity index (χ1) is 16.0. The lowest BCUT2D eigenvalue weighted by Gasteiger charge is -2.40. The number of nitrogens with two attached hydrogens (primary N) is 1. The minimum atomic E-state index is -0.212. The summed E-state index contributed by atoms with van der Waals surface area (Å²) in [6.45, 7) is 6.95. The summed E-state index contributed by atoms with van der Waals surface area (Å²) < 4.78 is 8.46. The molecule has 2 aromatic carbocycles. The second-order valence-corrected chi connectivity index (χ2v) is 9.68. The van der Waals surface area contributed by atoms with Gasteiger partial charge in [0.15, 0.2) is 0 Å². The fourth-order valence-corrected chi connectivity index (χ4v) is 6.10. The summed E-state index contributed by atoms with van der Waals surface area (Å²) in [4.78, 5) is 19.7. The number of piperidine rings is 1. The zero-order chi connectivity index (χ0) is 23.1. The topological polar surface area (TPSA) is 73.4 Å². The number of nitrogens with zero attached hydrogens (tertiary/aromatic N) is 3. The third-order valence-electron chi connectivity index (χ3n) is 7.62. The molecule has 33 heavy (non-hydrogen) atoms. The van der Waals surface area contributed by atoms with Crippen LogP contribution < -0.4 is 5.73 Å². The van der Waals surface area contributed by atoms with Gasteiger partial charge >= 0.3 is 0 Å². The number of aryl methyl sites for hydroxylation is 2. The zero-order valence-electron chi connectivity index (χ0n) is 19.8. The second kappa shape index (κ2) is 8.92. The van der Waals surface area contributed by atoms with Crippen molar-refractivity contribution in [3.8, 4) is 0 Å². The molecule has 0 radical (unpaired) electrons. The van der Waals surface area contributed by atoms with Gasteiger partial charge in [0, 0.05) is 33.2 Å². The number of carbonyl (C=O) groups is 1. The highest BCUT2D eigenvalue weighted by Crippen LogP contribution is 2.39. The molecule has 6 nitrogen and oxygen atoms in total. The Hall–Kier alpha value is -2.70. The minimum Gasteiger partial charge on any atom is -0.378 e. The summed E-state index contributed by atoms with van der Waals surface area (Å²) >= 11 is 0. The van der Waals surface area contributed by atoms with Gasteiger partial charge in [-0.3, -0.25) is 4.79 Å². The number of imidazole rings is 1. The van der Waals surface area contributed by atoms with E-state index in [0.29, 0.717) is 0 Å². The van der Waals surface area contributed by atoms with Crippen molar-refractivity contribution >= 4 is 16.9 Å². The first-order valence-electron chi connectivity index (χ1n) is 12.1. The van der Waals surface area contributed by atoms with Crippen molar-refractivity contribution in [3.63, 3.8) is 0 Å². The molecule has 1 aliphatic heterocycles. The van der Waals surface area contributed by atoms with Gasteiger partial charge in [0.1, 0.15) is 5.82 Å². The van der Waals surface area contributed by atoms with Crippen LogP contribution in [0.15, 0.2) is 42.5 Å². The third kappa shape index (κ3) is 3.96. The quantitative estimate of drug-likeness (QED) is 0.628. The van der Waals surface area contributed by atoms with Crippen LogP contribution in [0.4, 0.5) is 0 Å². The van der Waals surface area contributed by atoms with Crippen molar-refractivity contribution in [2.24, 2.45) is 11.7 Å². The van der Waals surface area contributed by atoms with Crippen LogP contribution in [0.5, 0.6) is 0 Å². The molecule has 4 unspecified atom stereocenters. The Balaban J connectivity index is 1.36. The first kappa shape index (κ1) is 22.1. The van der Waals surface area contributed by atoms with Crippen LogP contribution in [0.1, 0.15) is 47.8 Å². The van der Waals surface area contributed by atoms with Gasteiger partial charge in [-0.05, 0) is 54.5 Å². The average molecular weight is 447 g/mol. The van der Waals surface area contributed by atoms with E-state index in [4.69, 9.17) is 15.5 Å². The average Bonchev–Trinajstić information content (AvgIpc) is 3.36. The van der Waals surface area contributed by atoms with E-state index in [1.54, 1.807) is 0 Å². The van der Waals surface area contributed by atoms with E-state index in [1.807, 2.05) is 19.2 Å². The van der Waals surface area contributed by atoms with Gasteiger partial charge in [-0.25, -0.2) is 4.98 Å². The van der Waals surface area contributed by atoms with Crippen LogP contribution in [-0.4, -0.2) is 53.2 Å². The summed E-state index contributed by atoms with van der Waals surface area (Å²) in [5.41, 5.74) is 11.7. The minimum absolute atomic E-state index is 0.0681. The van der Waals surface area contributed by atoms with Gasteiger partial charge in [-0.2, -0.15) is 0 Å². The maximum Gasteiger partial charge on any atom is 0.225 e. The smallest absolute Gasteiger partial charge is 0.225 e. The second-order valence-electron chi connectivity index (χ2n) is 9.68. The summed E-state index contributed by atoms with van der Waals surface area (Å²) in [6.07, 6.45) is 2.86. The summed E-state index contributed by atoms with van der Waals surface area (Å²) in [5, 5.41) is 0. The number of rotatable bonds is 6. The molecule has 0 spiro atoms. The van der Waals surface area contributed by atoms with Crippen LogP contribution in [-0.2, 0) is 22.4 Å². The molecule has 2 N–H and O–H groups in total. The number of ether oxygens (including phenoxy) is 1. The molecule has 2 heterocycles. The Morgan fingerprint density at radius 2 is 2.06 bits per heavy atom. The monoisotopic (exact) mass is 446 g/mol.